The van der Waals surface area contributed by atoms with Gasteiger partial charge < -0.3 is 10.1 Å². The lowest BCUT2D eigenvalue weighted by atomic mass is 10.1. The molecule has 4 heteroatoms. The van der Waals surface area contributed by atoms with E-state index in [1.54, 1.807) is 0 Å². The third kappa shape index (κ3) is 9.32. The van der Waals surface area contributed by atoms with Gasteiger partial charge in [-0.3, -0.25) is 4.79 Å². The summed E-state index contributed by atoms with van der Waals surface area (Å²) in [5.41, 5.74) is 0. The number of ether oxygens (including phenoxy) is 1. The van der Waals surface area contributed by atoms with E-state index in [1.165, 1.54) is 19.8 Å². The van der Waals surface area contributed by atoms with Crippen molar-refractivity contribution in [3.63, 3.8) is 0 Å². The van der Waals surface area contributed by atoms with Crippen molar-refractivity contribution in [1.82, 2.24) is 5.32 Å². The molecule has 1 N–H and O–H groups in total. The third-order valence-electron chi connectivity index (χ3n) is 2.37. The average Bonchev–Trinajstić information content (AvgIpc) is 2.23. The molecule has 0 aliphatic rings. The second kappa shape index (κ2) is 10.3. The van der Waals surface area contributed by atoms with Gasteiger partial charge in [-0.25, -0.2) is 0 Å². The number of nitriles is 1. The molecule has 0 amide bonds. The van der Waals surface area contributed by atoms with E-state index in [9.17, 15) is 4.79 Å². The first kappa shape index (κ1) is 14.8. The van der Waals surface area contributed by atoms with Crippen LogP contribution in [0, 0.1) is 11.5 Å². The highest BCUT2D eigenvalue weighted by Crippen LogP contribution is 2.12. The summed E-state index contributed by atoms with van der Waals surface area (Å²) in [5, 5.41) is 10.9. The summed E-state index contributed by atoms with van der Waals surface area (Å²) in [5.74, 6) is -0.213. The van der Waals surface area contributed by atoms with E-state index in [0.29, 0.717) is 6.54 Å². The number of nitrogens with one attached hydrogen (secondary N) is 1. The molecule has 92 valence electrons. The van der Waals surface area contributed by atoms with Crippen LogP contribution in [0.2, 0.25) is 0 Å². The van der Waals surface area contributed by atoms with Crippen molar-refractivity contribution in [3.8, 4) is 6.19 Å². The van der Waals surface area contributed by atoms with Crippen LogP contribution >= 0.6 is 0 Å². The fraction of sp³-hybridized carbons (Fsp3) is 0.833. The lowest BCUT2D eigenvalue weighted by molar-refractivity contribution is -0.147. The number of hydrogen-bond acceptors (Lipinski definition) is 4. The molecule has 0 aliphatic carbocycles. The molecular formula is C12H22N2O2. The normalized spacial score (nSPS) is 11.6. The first-order valence-electron chi connectivity index (χ1n) is 5.99. The summed E-state index contributed by atoms with van der Waals surface area (Å²) in [6, 6.07) is 0. The summed E-state index contributed by atoms with van der Waals surface area (Å²) in [4.78, 5) is 10.9. The second-order valence-electron chi connectivity index (χ2n) is 3.91. The maximum absolute atomic E-state index is 10.9. The quantitative estimate of drug-likeness (QED) is 0.284. The Balaban J connectivity index is 3.72. The molecule has 1 unspecified atom stereocenters. The Morgan fingerprint density at radius 2 is 2.06 bits per heavy atom. The number of carbonyl (C=O) groups is 1. The van der Waals surface area contributed by atoms with Crippen LogP contribution in [0.15, 0.2) is 0 Å². The summed E-state index contributed by atoms with van der Waals surface area (Å²) in [6.07, 6.45) is 7.96. The van der Waals surface area contributed by atoms with E-state index in [1.807, 2.05) is 6.19 Å². The Kier molecular flexibility index (Phi) is 9.49. The first-order valence-corrected chi connectivity index (χ1v) is 5.99. The lowest BCUT2D eigenvalue weighted by Gasteiger charge is -2.16. The average molecular weight is 226 g/mol. The van der Waals surface area contributed by atoms with Crippen LogP contribution in [0.25, 0.3) is 0 Å². The van der Waals surface area contributed by atoms with Crippen molar-refractivity contribution >= 4 is 5.97 Å². The molecule has 0 aromatic rings. The summed E-state index contributed by atoms with van der Waals surface area (Å²) in [7, 11) is 0. The number of rotatable bonds is 9. The summed E-state index contributed by atoms with van der Waals surface area (Å²) >= 11 is 0. The van der Waals surface area contributed by atoms with Gasteiger partial charge in [0.15, 0.2) is 6.19 Å². The molecule has 0 fully saturated rings. The number of hydrogen-bond donors (Lipinski definition) is 1. The van der Waals surface area contributed by atoms with E-state index in [-0.39, 0.29) is 12.1 Å². The van der Waals surface area contributed by atoms with Crippen molar-refractivity contribution < 1.29 is 9.53 Å². The molecule has 0 bridgehead atoms. The van der Waals surface area contributed by atoms with E-state index >= 15 is 0 Å². The molecule has 0 aliphatic heterocycles. The first-order chi connectivity index (χ1) is 7.70. The highest BCUT2D eigenvalue weighted by molar-refractivity contribution is 5.66. The van der Waals surface area contributed by atoms with Crippen molar-refractivity contribution in [2.24, 2.45) is 0 Å². The molecule has 4 nitrogen and oxygen atoms in total. The van der Waals surface area contributed by atoms with Gasteiger partial charge >= 0.3 is 5.97 Å². The predicted octanol–water partition coefficient (Wildman–Crippen LogP) is 2.35. The Labute approximate surface area is 98.0 Å². The van der Waals surface area contributed by atoms with E-state index in [0.717, 1.165) is 25.7 Å². The zero-order valence-electron chi connectivity index (χ0n) is 10.3. The zero-order chi connectivity index (χ0) is 12.2. The highest BCUT2D eigenvalue weighted by atomic mass is 16.5. The minimum absolute atomic E-state index is 0.0181. The smallest absolute Gasteiger partial charge is 0.302 e. The maximum Gasteiger partial charge on any atom is 0.302 e. The molecule has 0 radical (unpaired) electrons. The lowest BCUT2D eigenvalue weighted by Crippen LogP contribution is -2.18. The summed E-state index contributed by atoms with van der Waals surface area (Å²) in [6.45, 7) is 4.25. The Hall–Kier alpha value is -1.24. The molecule has 1 atom stereocenters. The largest absolute Gasteiger partial charge is 0.463 e. The van der Waals surface area contributed by atoms with Crippen molar-refractivity contribution in [3.05, 3.63) is 0 Å². The predicted molar refractivity (Wildman–Crippen MR) is 62.5 cm³/mol. The molecule has 0 aromatic carbocycles. The number of esters is 1. The van der Waals surface area contributed by atoms with Gasteiger partial charge in [0, 0.05) is 13.5 Å². The second-order valence-corrected chi connectivity index (χ2v) is 3.91. The molecule has 0 rings (SSSR count). The van der Waals surface area contributed by atoms with Crippen molar-refractivity contribution in [2.75, 3.05) is 6.54 Å². The minimum atomic E-state index is -0.213. The Morgan fingerprint density at radius 1 is 1.38 bits per heavy atom. The topological polar surface area (TPSA) is 62.1 Å². The maximum atomic E-state index is 10.9. The minimum Gasteiger partial charge on any atom is -0.463 e. The number of nitrogens with zero attached hydrogens (tertiary/aromatic N) is 1. The van der Waals surface area contributed by atoms with Crippen LogP contribution in [-0.2, 0) is 9.53 Å². The monoisotopic (exact) mass is 226 g/mol. The van der Waals surface area contributed by atoms with Crippen molar-refractivity contribution in [1.29, 1.82) is 5.26 Å². The molecular weight excluding hydrogens is 204 g/mol. The van der Waals surface area contributed by atoms with E-state index in [2.05, 4.69) is 12.2 Å². The highest BCUT2D eigenvalue weighted by Gasteiger charge is 2.10. The molecule has 16 heavy (non-hydrogen) atoms. The van der Waals surface area contributed by atoms with Gasteiger partial charge in [-0.1, -0.05) is 19.8 Å². The Bertz CT molecular complexity index is 224. The Morgan fingerprint density at radius 3 is 2.62 bits per heavy atom. The summed E-state index contributed by atoms with van der Waals surface area (Å²) < 4.78 is 5.23. The van der Waals surface area contributed by atoms with Gasteiger partial charge in [-0.05, 0) is 25.7 Å². The van der Waals surface area contributed by atoms with E-state index < -0.39 is 0 Å². The van der Waals surface area contributed by atoms with Crippen LogP contribution in [0.5, 0.6) is 0 Å². The molecule has 0 heterocycles. The van der Waals surface area contributed by atoms with Crippen molar-refractivity contribution in [2.45, 2.75) is 58.5 Å². The molecule has 0 aromatic heterocycles. The van der Waals surface area contributed by atoms with Crippen LogP contribution in [0.4, 0.5) is 0 Å². The third-order valence-corrected chi connectivity index (χ3v) is 2.37. The fourth-order valence-corrected chi connectivity index (χ4v) is 1.59. The fourth-order valence-electron chi connectivity index (χ4n) is 1.59. The van der Waals surface area contributed by atoms with Crippen LogP contribution in [0.3, 0.4) is 0 Å². The standard InChI is InChI=1S/C12H22N2O2/c1-3-4-5-7-12(16-11(2)15)8-6-9-14-10-13/h12,14H,3-9H2,1-2H3. The number of unbranched alkanes of at least 4 members (excludes halogenated alkanes) is 2. The van der Waals surface area contributed by atoms with E-state index in [4.69, 9.17) is 10.00 Å². The SMILES string of the molecule is CCCCCC(CCCNC#N)OC(C)=O. The molecule has 0 spiro atoms. The zero-order valence-corrected chi connectivity index (χ0v) is 10.3. The van der Waals surface area contributed by atoms with Crippen LogP contribution in [-0.4, -0.2) is 18.6 Å². The van der Waals surface area contributed by atoms with Gasteiger partial charge in [-0.15, -0.1) is 0 Å². The van der Waals surface area contributed by atoms with Gasteiger partial charge in [0.25, 0.3) is 0 Å². The molecule has 0 saturated heterocycles. The van der Waals surface area contributed by atoms with Gasteiger partial charge in [0.05, 0.1) is 0 Å². The van der Waals surface area contributed by atoms with Gasteiger partial charge in [-0.2, -0.15) is 5.26 Å². The van der Waals surface area contributed by atoms with Gasteiger partial charge in [0.1, 0.15) is 6.10 Å². The van der Waals surface area contributed by atoms with Crippen LogP contribution < -0.4 is 5.32 Å². The number of carbonyl (C=O) groups excluding carboxylic acids is 1. The van der Waals surface area contributed by atoms with Gasteiger partial charge in [0.2, 0.25) is 0 Å². The molecule has 0 saturated carbocycles. The van der Waals surface area contributed by atoms with Crippen LogP contribution in [0.1, 0.15) is 52.4 Å².